The van der Waals surface area contributed by atoms with Crippen molar-refractivity contribution in [3.05, 3.63) is 0 Å². The molecule has 4 N–H and O–H groups in total. The Labute approximate surface area is 100 Å². The van der Waals surface area contributed by atoms with Crippen LogP contribution in [0.15, 0.2) is 0 Å². The molecule has 0 heterocycles. The summed E-state index contributed by atoms with van der Waals surface area (Å²) in [5.74, 6) is -0.924. The van der Waals surface area contributed by atoms with Crippen molar-refractivity contribution >= 4 is 11.9 Å². The standard InChI is InChI=1S/C10H20N2O5/c1-7(14)12-8(9(15)17-3)4-11-5-10(2,16)6-13/h8,11,13,16H,4-6H2,1-3H3,(H,12,14). The van der Waals surface area contributed by atoms with Crippen LogP contribution in [0.3, 0.4) is 0 Å². The van der Waals surface area contributed by atoms with E-state index in [0.29, 0.717) is 0 Å². The number of amides is 1. The summed E-state index contributed by atoms with van der Waals surface area (Å²) in [6.45, 7) is 2.55. The predicted octanol–water partition coefficient (Wildman–Crippen LogP) is -2.00. The molecule has 0 aromatic rings. The fraction of sp³-hybridized carbons (Fsp3) is 0.800. The molecule has 0 aliphatic heterocycles. The number of aliphatic hydroxyl groups is 2. The third kappa shape index (κ3) is 6.88. The second-order valence-electron chi connectivity index (χ2n) is 4.06. The van der Waals surface area contributed by atoms with Crippen LogP contribution in [0.1, 0.15) is 13.8 Å². The number of hydrogen-bond donors (Lipinski definition) is 4. The van der Waals surface area contributed by atoms with Gasteiger partial charge in [-0.1, -0.05) is 0 Å². The number of nitrogens with one attached hydrogen (secondary N) is 2. The number of esters is 1. The fourth-order valence-corrected chi connectivity index (χ4v) is 1.12. The van der Waals surface area contributed by atoms with Gasteiger partial charge in [0.15, 0.2) is 0 Å². The Kier molecular flexibility index (Phi) is 6.71. The summed E-state index contributed by atoms with van der Waals surface area (Å²) in [4.78, 5) is 22.1. The molecular formula is C10H20N2O5. The molecule has 0 rings (SSSR count). The number of rotatable bonds is 7. The van der Waals surface area contributed by atoms with E-state index in [9.17, 15) is 14.7 Å². The van der Waals surface area contributed by atoms with Crippen molar-refractivity contribution in [1.82, 2.24) is 10.6 Å². The number of aliphatic hydroxyl groups excluding tert-OH is 1. The van der Waals surface area contributed by atoms with Crippen LogP contribution in [0.4, 0.5) is 0 Å². The van der Waals surface area contributed by atoms with Crippen LogP contribution >= 0.6 is 0 Å². The molecule has 2 atom stereocenters. The Hall–Kier alpha value is -1.18. The van der Waals surface area contributed by atoms with Crippen LogP contribution in [0.2, 0.25) is 0 Å². The van der Waals surface area contributed by atoms with Crippen LogP contribution in [0, 0.1) is 0 Å². The summed E-state index contributed by atoms with van der Waals surface area (Å²) in [6.07, 6.45) is 0. The van der Waals surface area contributed by atoms with E-state index in [-0.39, 0.29) is 19.0 Å². The third-order valence-electron chi connectivity index (χ3n) is 2.06. The first-order valence-corrected chi connectivity index (χ1v) is 5.21. The Morgan fingerprint density at radius 3 is 2.47 bits per heavy atom. The van der Waals surface area contributed by atoms with E-state index in [4.69, 9.17) is 5.11 Å². The van der Waals surface area contributed by atoms with E-state index < -0.39 is 24.2 Å². The highest BCUT2D eigenvalue weighted by Crippen LogP contribution is 1.98. The molecule has 0 saturated carbocycles. The monoisotopic (exact) mass is 248 g/mol. The minimum atomic E-state index is -1.27. The molecule has 17 heavy (non-hydrogen) atoms. The highest BCUT2D eigenvalue weighted by molar-refractivity contribution is 5.83. The molecule has 0 aliphatic carbocycles. The van der Waals surface area contributed by atoms with Crippen LogP contribution in [0.25, 0.3) is 0 Å². The highest BCUT2D eigenvalue weighted by atomic mass is 16.5. The van der Waals surface area contributed by atoms with Gasteiger partial charge in [0.25, 0.3) is 0 Å². The molecule has 0 fully saturated rings. The molecule has 7 nitrogen and oxygen atoms in total. The van der Waals surface area contributed by atoms with Crippen molar-refractivity contribution in [2.45, 2.75) is 25.5 Å². The topological polar surface area (TPSA) is 108 Å². The Bertz CT molecular complexity index is 267. The highest BCUT2D eigenvalue weighted by Gasteiger charge is 2.22. The molecule has 7 heteroatoms. The average Bonchev–Trinajstić information content (AvgIpc) is 2.26. The van der Waals surface area contributed by atoms with Gasteiger partial charge < -0.3 is 25.6 Å². The van der Waals surface area contributed by atoms with Gasteiger partial charge in [-0.15, -0.1) is 0 Å². The molecule has 0 aromatic heterocycles. The molecule has 0 bridgehead atoms. The van der Waals surface area contributed by atoms with Gasteiger partial charge in [0, 0.05) is 20.0 Å². The Morgan fingerprint density at radius 2 is 2.06 bits per heavy atom. The summed E-state index contributed by atoms with van der Waals surface area (Å²) in [6, 6.07) is -0.813. The lowest BCUT2D eigenvalue weighted by atomic mass is 10.1. The van der Waals surface area contributed by atoms with Gasteiger partial charge in [0.1, 0.15) is 6.04 Å². The lowest BCUT2D eigenvalue weighted by molar-refractivity contribution is -0.144. The van der Waals surface area contributed by atoms with Gasteiger partial charge in [-0.25, -0.2) is 4.79 Å². The SMILES string of the molecule is COC(=O)C(CNCC(C)(O)CO)NC(C)=O. The summed E-state index contributed by atoms with van der Waals surface area (Å²) in [5, 5.41) is 23.5. The van der Waals surface area contributed by atoms with E-state index in [1.165, 1.54) is 21.0 Å². The maximum atomic E-state index is 11.3. The van der Waals surface area contributed by atoms with Crippen molar-refractivity contribution in [1.29, 1.82) is 0 Å². The average molecular weight is 248 g/mol. The van der Waals surface area contributed by atoms with E-state index in [2.05, 4.69) is 15.4 Å². The Balaban J connectivity index is 4.17. The summed E-state index contributed by atoms with van der Waals surface area (Å²) in [7, 11) is 1.22. The molecule has 0 aliphatic rings. The normalized spacial score (nSPS) is 15.8. The number of carbonyl (C=O) groups is 2. The minimum Gasteiger partial charge on any atom is -0.467 e. The molecule has 0 radical (unpaired) electrons. The number of ether oxygens (including phenoxy) is 1. The van der Waals surface area contributed by atoms with Crippen molar-refractivity contribution in [2.24, 2.45) is 0 Å². The van der Waals surface area contributed by atoms with E-state index in [1.807, 2.05) is 0 Å². The molecule has 0 spiro atoms. The molecule has 1 amide bonds. The molecule has 2 unspecified atom stereocenters. The molecular weight excluding hydrogens is 228 g/mol. The van der Waals surface area contributed by atoms with Gasteiger partial charge >= 0.3 is 5.97 Å². The summed E-state index contributed by atoms with van der Waals surface area (Å²) in [5.41, 5.74) is -1.27. The summed E-state index contributed by atoms with van der Waals surface area (Å²) >= 11 is 0. The van der Waals surface area contributed by atoms with E-state index >= 15 is 0 Å². The minimum absolute atomic E-state index is 0.0938. The van der Waals surface area contributed by atoms with Crippen molar-refractivity contribution in [3.8, 4) is 0 Å². The third-order valence-corrected chi connectivity index (χ3v) is 2.06. The van der Waals surface area contributed by atoms with E-state index in [0.717, 1.165) is 0 Å². The zero-order valence-corrected chi connectivity index (χ0v) is 10.3. The number of hydrogen-bond acceptors (Lipinski definition) is 6. The first-order chi connectivity index (χ1) is 7.82. The zero-order valence-electron chi connectivity index (χ0n) is 10.3. The van der Waals surface area contributed by atoms with Gasteiger partial charge in [-0.05, 0) is 6.92 Å². The first kappa shape index (κ1) is 15.8. The largest absolute Gasteiger partial charge is 0.467 e. The zero-order chi connectivity index (χ0) is 13.5. The van der Waals surface area contributed by atoms with Gasteiger partial charge in [0.05, 0.1) is 19.3 Å². The molecule has 100 valence electrons. The first-order valence-electron chi connectivity index (χ1n) is 5.21. The Morgan fingerprint density at radius 1 is 1.47 bits per heavy atom. The predicted molar refractivity (Wildman–Crippen MR) is 60.2 cm³/mol. The van der Waals surface area contributed by atoms with Crippen LogP contribution < -0.4 is 10.6 Å². The number of carbonyl (C=O) groups excluding carboxylic acids is 2. The van der Waals surface area contributed by atoms with Crippen LogP contribution in [-0.2, 0) is 14.3 Å². The van der Waals surface area contributed by atoms with Crippen molar-refractivity contribution < 1.29 is 24.5 Å². The molecule has 0 saturated heterocycles. The van der Waals surface area contributed by atoms with Crippen LogP contribution in [-0.4, -0.2) is 60.5 Å². The lowest BCUT2D eigenvalue weighted by Gasteiger charge is -2.22. The fourth-order valence-electron chi connectivity index (χ4n) is 1.12. The van der Waals surface area contributed by atoms with Gasteiger partial charge in [0.2, 0.25) is 5.91 Å². The number of methoxy groups -OCH3 is 1. The van der Waals surface area contributed by atoms with Gasteiger partial charge in [-0.3, -0.25) is 4.79 Å². The van der Waals surface area contributed by atoms with Crippen molar-refractivity contribution in [3.63, 3.8) is 0 Å². The summed E-state index contributed by atoms with van der Waals surface area (Å²) < 4.78 is 4.52. The smallest absolute Gasteiger partial charge is 0.329 e. The second kappa shape index (κ2) is 7.21. The lowest BCUT2D eigenvalue weighted by Crippen LogP contribution is -2.50. The van der Waals surface area contributed by atoms with Crippen molar-refractivity contribution in [2.75, 3.05) is 26.8 Å². The molecule has 0 aromatic carbocycles. The van der Waals surface area contributed by atoms with E-state index in [1.54, 1.807) is 0 Å². The maximum absolute atomic E-state index is 11.3. The quantitative estimate of drug-likeness (QED) is 0.388. The van der Waals surface area contributed by atoms with Gasteiger partial charge in [-0.2, -0.15) is 0 Å². The maximum Gasteiger partial charge on any atom is 0.329 e. The van der Waals surface area contributed by atoms with Crippen LogP contribution in [0.5, 0.6) is 0 Å². The second-order valence-corrected chi connectivity index (χ2v) is 4.06.